The van der Waals surface area contributed by atoms with Crippen molar-refractivity contribution in [2.24, 2.45) is 0 Å². The van der Waals surface area contributed by atoms with Crippen molar-refractivity contribution in [2.45, 2.75) is 12.6 Å². The van der Waals surface area contributed by atoms with Gasteiger partial charge in [-0.2, -0.15) is 0 Å². The molecule has 0 unspecified atom stereocenters. The van der Waals surface area contributed by atoms with Crippen LogP contribution in [-0.4, -0.2) is 23.0 Å². The van der Waals surface area contributed by atoms with Crippen LogP contribution in [0.3, 0.4) is 0 Å². The Morgan fingerprint density at radius 2 is 1.73 bits per heavy atom. The Hall–Kier alpha value is -3.67. The van der Waals surface area contributed by atoms with Crippen molar-refractivity contribution in [1.82, 2.24) is 4.90 Å². The molecule has 152 valence electrons. The van der Waals surface area contributed by atoms with Crippen molar-refractivity contribution in [2.75, 3.05) is 7.11 Å². The lowest BCUT2D eigenvalue weighted by molar-refractivity contribution is -0.130. The molecule has 1 atom stereocenters. The van der Waals surface area contributed by atoms with Gasteiger partial charge in [-0.15, -0.1) is 0 Å². The van der Waals surface area contributed by atoms with Gasteiger partial charge < -0.3 is 14.7 Å². The Balaban J connectivity index is 1.82. The molecule has 0 spiro atoms. The molecule has 4 nitrogen and oxygen atoms in total. The molecule has 0 bridgehead atoms. The quantitative estimate of drug-likeness (QED) is 0.646. The number of aliphatic hydroxyl groups is 1. The predicted octanol–water partition coefficient (Wildman–Crippen LogP) is 5.03. The molecule has 1 amide bonds. The Morgan fingerprint density at radius 1 is 1.00 bits per heavy atom. The Kier molecular flexibility index (Phi) is 5.23. The second kappa shape index (κ2) is 7.99. The Bertz CT molecular complexity index is 1130. The molecule has 1 aliphatic heterocycles. The Morgan fingerprint density at radius 3 is 2.43 bits per heavy atom. The number of halogens is 2. The summed E-state index contributed by atoms with van der Waals surface area (Å²) in [5, 5.41) is 10.7. The van der Waals surface area contributed by atoms with Gasteiger partial charge in [-0.05, 0) is 41.5 Å². The van der Waals surface area contributed by atoms with Crippen molar-refractivity contribution in [3.8, 4) is 5.75 Å². The molecule has 3 aromatic rings. The molecule has 0 radical (unpaired) electrons. The van der Waals surface area contributed by atoms with E-state index in [0.717, 1.165) is 5.56 Å². The van der Waals surface area contributed by atoms with Gasteiger partial charge in [-0.3, -0.25) is 4.79 Å². The zero-order valence-electron chi connectivity index (χ0n) is 16.2. The van der Waals surface area contributed by atoms with Gasteiger partial charge in [0.25, 0.3) is 5.91 Å². The fourth-order valence-corrected chi connectivity index (χ4v) is 3.73. The maximum Gasteiger partial charge on any atom is 0.290 e. The highest BCUT2D eigenvalue weighted by Gasteiger charge is 2.42. The molecule has 4 rings (SSSR count). The lowest BCUT2D eigenvalue weighted by Crippen LogP contribution is -2.30. The maximum atomic E-state index is 14.8. The van der Waals surface area contributed by atoms with Gasteiger partial charge in [-0.1, -0.05) is 42.5 Å². The van der Waals surface area contributed by atoms with Crippen LogP contribution < -0.4 is 4.74 Å². The first-order valence-electron chi connectivity index (χ1n) is 9.37. The molecule has 0 saturated carbocycles. The number of amides is 1. The number of hydrogen-bond acceptors (Lipinski definition) is 3. The first-order chi connectivity index (χ1) is 14.5. The van der Waals surface area contributed by atoms with Crippen molar-refractivity contribution < 1.29 is 23.4 Å². The van der Waals surface area contributed by atoms with Crippen molar-refractivity contribution in [3.63, 3.8) is 0 Å². The molecule has 0 saturated heterocycles. The first-order valence-corrected chi connectivity index (χ1v) is 9.37. The molecule has 6 heteroatoms. The number of rotatable bonds is 5. The van der Waals surface area contributed by atoms with Crippen LogP contribution in [0.25, 0.3) is 5.57 Å². The van der Waals surface area contributed by atoms with E-state index in [4.69, 9.17) is 4.74 Å². The summed E-state index contributed by atoms with van der Waals surface area (Å²) in [6.45, 7) is 0.129. The van der Waals surface area contributed by atoms with Crippen LogP contribution in [0, 0.1) is 11.6 Å². The summed E-state index contributed by atoms with van der Waals surface area (Å²) in [6, 6.07) is 17.8. The molecule has 0 aromatic heterocycles. The standard InChI is InChI=1S/C24H19F2NO3/c1-30-18-6-4-5-15(13-18)14-27-22(19-7-2-3-8-20(19)26)21(23(28)24(27)29)16-9-11-17(25)12-10-16/h2-13,22,28H,14H2,1H3/t22-/m0/s1. The van der Waals surface area contributed by atoms with E-state index in [1.165, 1.54) is 35.2 Å². The van der Waals surface area contributed by atoms with E-state index in [1.54, 1.807) is 43.5 Å². The minimum atomic E-state index is -0.865. The van der Waals surface area contributed by atoms with Gasteiger partial charge in [0.15, 0.2) is 5.76 Å². The number of benzene rings is 3. The summed E-state index contributed by atoms with van der Waals surface area (Å²) in [5.74, 6) is -1.42. The molecule has 1 aliphatic rings. The molecule has 3 aromatic carbocycles. The van der Waals surface area contributed by atoms with E-state index in [0.29, 0.717) is 11.3 Å². The van der Waals surface area contributed by atoms with Crippen molar-refractivity contribution >= 4 is 11.5 Å². The van der Waals surface area contributed by atoms with E-state index >= 15 is 0 Å². The zero-order valence-corrected chi connectivity index (χ0v) is 16.2. The first kappa shape index (κ1) is 19.6. The molecular formula is C24H19F2NO3. The minimum Gasteiger partial charge on any atom is -0.503 e. The van der Waals surface area contributed by atoms with Crippen molar-refractivity contribution in [3.05, 3.63) is 107 Å². The molecule has 1 N–H and O–H groups in total. The number of nitrogens with zero attached hydrogens (tertiary/aromatic N) is 1. The summed E-state index contributed by atoms with van der Waals surface area (Å²) < 4.78 is 33.4. The number of ether oxygens (including phenoxy) is 1. The second-order valence-corrected chi connectivity index (χ2v) is 6.98. The van der Waals surface area contributed by atoms with Gasteiger partial charge in [0, 0.05) is 17.7 Å². The number of carbonyl (C=O) groups is 1. The van der Waals surface area contributed by atoms with Crippen LogP contribution in [-0.2, 0) is 11.3 Å². The van der Waals surface area contributed by atoms with Gasteiger partial charge >= 0.3 is 0 Å². The van der Waals surface area contributed by atoms with E-state index < -0.39 is 29.3 Å². The van der Waals surface area contributed by atoms with Gasteiger partial charge in [0.1, 0.15) is 17.4 Å². The second-order valence-electron chi connectivity index (χ2n) is 6.98. The average molecular weight is 407 g/mol. The van der Waals surface area contributed by atoms with Gasteiger partial charge in [0.05, 0.1) is 13.2 Å². The summed E-state index contributed by atoms with van der Waals surface area (Å²) in [5.41, 5.74) is 1.70. The number of carbonyl (C=O) groups excluding carboxylic acids is 1. The minimum absolute atomic E-state index is 0.129. The fraction of sp³-hybridized carbons (Fsp3) is 0.125. The summed E-state index contributed by atoms with van der Waals surface area (Å²) >= 11 is 0. The van der Waals surface area contributed by atoms with Gasteiger partial charge in [0.2, 0.25) is 0 Å². The normalized spacial score (nSPS) is 16.3. The fourth-order valence-electron chi connectivity index (χ4n) is 3.73. The highest BCUT2D eigenvalue weighted by molar-refractivity contribution is 6.05. The van der Waals surface area contributed by atoms with E-state index in [2.05, 4.69) is 0 Å². The van der Waals surface area contributed by atoms with Crippen LogP contribution in [0.1, 0.15) is 22.7 Å². The van der Waals surface area contributed by atoms with Crippen LogP contribution in [0.2, 0.25) is 0 Å². The molecule has 0 aliphatic carbocycles. The van der Waals surface area contributed by atoms with Crippen LogP contribution >= 0.6 is 0 Å². The van der Waals surface area contributed by atoms with Gasteiger partial charge in [-0.25, -0.2) is 8.78 Å². The third kappa shape index (κ3) is 3.52. The highest BCUT2D eigenvalue weighted by atomic mass is 19.1. The number of methoxy groups -OCH3 is 1. The number of hydrogen-bond donors (Lipinski definition) is 1. The molecular weight excluding hydrogens is 388 g/mol. The van der Waals surface area contributed by atoms with E-state index in [1.807, 2.05) is 6.07 Å². The monoisotopic (exact) mass is 407 g/mol. The molecule has 30 heavy (non-hydrogen) atoms. The van der Waals surface area contributed by atoms with Crippen LogP contribution in [0.5, 0.6) is 5.75 Å². The topological polar surface area (TPSA) is 49.8 Å². The summed E-state index contributed by atoms with van der Waals surface area (Å²) in [7, 11) is 1.54. The zero-order chi connectivity index (χ0) is 21.3. The summed E-state index contributed by atoms with van der Waals surface area (Å²) in [4.78, 5) is 14.4. The average Bonchev–Trinajstić information content (AvgIpc) is 3.00. The Labute approximate surface area is 172 Å². The van der Waals surface area contributed by atoms with E-state index in [9.17, 15) is 18.7 Å². The van der Waals surface area contributed by atoms with Crippen molar-refractivity contribution in [1.29, 1.82) is 0 Å². The lowest BCUT2D eigenvalue weighted by atomic mass is 9.93. The number of aliphatic hydroxyl groups excluding tert-OH is 1. The molecule has 1 heterocycles. The third-order valence-corrected chi connectivity index (χ3v) is 5.15. The highest BCUT2D eigenvalue weighted by Crippen LogP contribution is 2.44. The van der Waals surface area contributed by atoms with Crippen LogP contribution in [0.15, 0.2) is 78.6 Å². The maximum absolute atomic E-state index is 14.8. The van der Waals surface area contributed by atoms with Crippen LogP contribution in [0.4, 0.5) is 8.78 Å². The third-order valence-electron chi connectivity index (χ3n) is 5.15. The predicted molar refractivity (Wildman–Crippen MR) is 109 cm³/mol. The molecule has 0 fully saturated rings. The smallest absolute Gasteiger partial charge is 0.290 e. The lowest BCUT2D eigenvalue weighted by Gasteiger charge is -2.28. The summed E-state index contributed by atoms with van der Waals surface area (Å²) in [6.07, 6.45) is 0. The van der Waals surface area contributed by atoms with E-state index in [-0.39, 0.29) is 17.7 Å². The largest absolute Gasteiger partial charge is 0.503 e. The SMILES string of the molecule is COc1cccc(CN2C(=O)C(O)=C(c3ccc(F)cc3)[C@@H]2c2ccccc2F)c1.